The van der Waals surface area contributed by atoms with Crippen LogP contribution in [-0.4, -0.2) is 47.4 Å². The monoisotopic (exact) mass is 457 g/mol. The van der Waals surface area contributed by atoms with E-state index in [-0.39, 0.29) is 11.2 Å². The van der Waals surface area contributed by atoms with Crippen LogP contribution in [0.1, 0.15) is 50.3 Å². The number of anilines is 2. The molecule has 0 bridgehead atoms. The number of halogens is 1. The fraction of sp³-hybridized carbons (Fsp3) is 0.542. The first kappa shape index (κ1) is 22.9. The molecule has 2 aliphatic rings. The van der Waals surface area contributed by atoms with Crippen molar-refractivity contribution in [3.63, 3.8) is 0 Å². The Morgan fingerprint density at radius 2 is 1.97 bits per heavy atom. The molecule has 2 saturated heterocycles. The molecule has 2 fully saturated rings. The van der Waals surface area contributed by atoms with Crippen molar-refractivity contribution in [3.05, 3.63) is 47.4 Å². The van der Waals surface area contributed by atoms with E-state index in [1.54, 1.807) is 0 Å². The molecule has 0 radical (unpaired) electrons. The summed E-state index contributed by atoms with van der Waals surface area (Å²) in [5.41, 5.74) is 1.86. The molecule has 2 aromatic rings. The first-order valence-electron chi connectivity index (χ1n) is 11.5. The van der Waals surface area contributed by atoms with Gasteiger partial charge in [0, 0.05) is 49.5 Å². The van der Waals surface area contributed by atoms with Crippen LogP contribution in [0.3, 0.4) is 0 Å². The van der Waals surface area contributed by atoms with E-state index >= 15 is 0 Å². The zero-order chi connectivity index (χ0) is 22.6. The van der Waals surface area contributed by atoms with Crippen molar-refractivity contribution in [2.24, 2.45) is 0 Å². The van der Waals surface area contributed by atoms with Gasteiger partial charge in [0.15, 0.2) is 5.11 Å². The van der Waals surface area contributed by atoms with Crippen LogP contribution >= 0.6 is 12.2 Å². The molecule has 172 valence electrons. The fourth-order valence-electron chi connectivity index (χ4n) is 4.72. The summed E-state index contributed by atoms with van der Waals surface area (Å²) in [5, 5.41) is 7.02. The molecular formula is C24H32FN5OS. The maximum absolute atomic E-state index is 13.5. The third-order valence-electron chi connectivity index (χ3n) is 6.66. The van der Waals surface area contributed by atoms with Crippen LogP contribution in [0.5, 0.6) is 0 Å². The minimum atomic E-state index is -0.225. The second kappa shape index (κ2) is 10.1. The number of aryl methyl sites for hydroxylation is 1. The van der Waals surface area contributed by atoms with E-state index in [9.17, 15) is 4.39 Å². The van der Waals surface area contributed by atoms with Gasteiger partial charge in [-0.05, 0) is 75.9 Å². The molecule has 1 aromatic carbocycles. The first-order chi connectivity index (χ1) is 15.4. The van der Waals surface area contributed by atoms with Crippen molar-refractivity contribution in [2.45, 2.75) is 57.4 Å². The third kappa shape index (κ3) is 5.35. The number of hydrogen-bond donors (Lipinski definition) is 2. The highest BCUT2D eigenvalue weighted by molar-refractivity contribution is 7.80. The molecule has 8 heteroatoms. The predicted octanol–water partition coefficient (Wildman–Crippen LogP) is 4.34. The number of piperidine rings is 1. The van der Waals surface area contributed by atoms with Crippen LogP contribution in [0.15, 0.2) is 30.3 Å². The fourth-order valence-corrected chi connectivity index (χ4v) is 4.89. The largest absolute Gasteiger partial charge is 0.381 e. The molecule has 2 N–H and O–H groups in total. The van der Waals surface area contributed by atoms with E-state index in [1.807, 2.05) is 25.1 Å². The van der Waals surface area contributed by atoms with Gasteiger partial charge in [-0.2, -0.15) is 4.98 Å². The number of benzene rings is 1. The highest BCUT2D eigenvalue weighted by Gasteiger charge is 2.34. The second-order valence-corrected chi connectivity index (χ2v) is 9.34. The van der Waals surface area contributed by atoms with Crippen molar-refractivity contribution >= 4 is 29.1 Å². The lowest BCUT2D eigenvalue weighted by Crippen LogP contribution is -2.45. The summed E-state index contributed by atoms with van der Waals surface area (Å²) in [5.74, 6) is 1.23. The molecule has 3 heterocycles. The summed E-state index contributed by atoms with van der Waals surface area (Å²) < 4.78 is 19.1. The lowest BCUT2D eigenvalue weighted by molar-refractivity contribution is 0.0515. The van der Waals surface area contributed by atoms with Crippen LogP contribution in [0, 0.1) is 12.7 Å². The van der Waals surface area contributed by atoms with Gasteiger partial charge in [-0.3, -0.25) is 0 Å². The predicted molar refractivity (Wildman–Crippen MR) is 130 cm³/mol. The van der Waals surface area contributed by atoms with E-state index in [0.717, 1.165) is 36.5 Å². The summed E-state index contributed by atoms with van der Waals surface area (Å²) in [6, 6.07) is 9.29. The second-order valence-electron chi connectivity index (χ2n) is 8.94. The van der Waals surface area contributed by atoms with Gasteiger partial charge in [0.2, 0.25) is 5.95 Å². The Morgan fingerprint density at radius 3 is 2.69 bits per heavy atom. The van der Waals surface area contributed by atoms with E-state index < -0.39 is 0 Å². The summed E-state index contributed by atoms with van der Waals surface area (Å²) in [6.07, 6.45) is 5.34. The topological polar surface area (TPSA) is 62.3 Å². The number of aromatic nitrogens is 2. The standard InChI is InChI=1S/C24H32FN5OS/c1-17-15-21(30-12-4-3-5-18(30)2)28-22(27-17)29-23(32)26-16-24(10-13-31-14-11-24)19-6-8-20(25)9-7-19/h6-9,15,18H,3-5,10-14,16H2,1-2H3,(H2,26,27,28,29,32)/t18-/m1/s1. The number of nitrogens with one attached hydrogen (secondary N) is 2. The molecule has 0 spiro atoms. The van der Waals surface area contributed by atoms with Crippen molar-refractivity contribution in [1.82, 2.24) is 15.3 Å². The zero-order valence-electron chi connectivity index (χ0n) is 18.9. The lowest BCUT2D eigenvalue weighted by atomic mass is 9.74. The molecule has 6 nitrogen and oxygen atoms in total. The molecule has 1 atom stereocenters. The molecule has 0 unspecified atom stereocenters. The number of thiocarbonyl (C=S) groups is 1. The van der Waals surface area contributed by atoms with E-state index in [4.69, 9.17) is 21.9 Å². The number of hydrogen-bond acceptors (Lipinski definition) is 5. The Bertz CT molecular complexity index is 932. The van der Waals surface area contributed by atoms with Gasteiger partial charge < -0.3 is 20.3 Å². The third-order valence-corrected chi connectivity index (χ3v) is 6.90. The minimum absolute atomic E-state index is 0.153. The Balaban J connectivity index is 1.44. The van der Waals surface area contributed by atoms with Gasteiger partial charge in [0.05, 0.1) is 0 Å². The molecule has 1 aromatic heterocycles. The summed E-state index contributed by atoms with van der Waals surface area (Å²) in [4.78, 5) is 11.6. The van der Waals surface area contributed by atoms with Gasteiger partial charge in [0.1, 0.15) is 11.6 Å². The van der Waals surface area contributed by atoms with Crippen LogP contribution in [-0.2, 0) is 10.2 Å². The smallest absolute Gasteiger partial charge is 0.231 e. The zero-order valence-corrected chi connectivity index (χ0v) is 19.7. The normalized spacial score (nSPS) is 20.6. The maximum Gasteiger partial charge on any atom is 0.231 e. The number of rotatable bonds is 5. The molecular weight excluding hydrogens is 425 g/mol. The Labute approximate surface area is 195 Å². The lowest BCUT2D eigenvalue weighted by Gasteiger charge is -2.38. The molecule has 4 rings (SSSR count). The Morgan fingerprint density at radius 1 is 1.22 bits per heavy atom. The van der Waals surface area contributed by atoms with E-state index in [2.05, 4.69) is 27.4 Å². The quantitative estimate of drug-likeness (QED) is 0.648. The maximum atomic E-state index is 13.5. The Kier molecular flexibility index (Phi) is 7.20. The van der Waals surface area contributed by atoms with Gasteiger partial charge in [-0.1, -0.05) is 12.1 Å². The van der Waals surface area contributed by atoms with Crippen LogP contribution in [0.4, 0.5) is 16.2 Å². The van der Waals surface area contributed by atoms with Crippen molar-refractivity contribution in [3.8, 4) is 0 Å². The van der Waals surface area contributed by atoms with Crippen molar-refractivity contribution in [2.75, 3.05) is 36.5 Å². The number of ether oxygens (including phenoxy) is 1. The average Bonchev–Trinajstić information content (AvgIpc) is 2.79. The summed E-state index contributed by atoms with van der Waals surface area (Å²) in [6.45, 7) is 7.23. The average molecular weight is 458 g/mol. The van der Waals surface area contributed by atoms with E-state index in [1.165, 1.54) is 31.4 Å². The minimum Gasteiger partial charge on any atom is -0.381 e. The molecule has 0 amide bonds. The summed E-state index contributed by atoms with van der Waals surface area (Å²) in [7, 11) is 0. The van der Waals surface area contributed by atoms with E-state index in [0.29, 0.717) is 36.9 Å². The van der Waals surface area contributed by atoms with Crippen LogP contribution in [0.25, 0.3) is 0 Å². The van der Waals surface area contributed by atoms with Crippen LogP contribution in [0.2, 0.25) is 0 Å². The van der Waals surface area contributed by atoms with Gasteiger partial charge >= 0.3 is 0 Å². The molecule has 32 heavy (non-hydrogen) atoms. The molecule has 0 saturated carbocycles. The highest BCUT2D eigenvalue weighted by atomic mass is 32.1. The van der Waals surface area contributed by atoms with Crippen LogP contribution < -0.4 is 15.5 Å². The highest BCUT2D eigenvalue weighted by Crippen LogP contribution is 2.34. The van der Waals surface area contributed by atoms with Gasteiger partial charge in [-0.15, -0.1) is 0 Å². The SMILES string of the molecule is Cc1cc(N2CCCC[C@H]2C)nc(NC(=S)NCC2(c3ccc(F)cc3)CCOCC2)n1. The van der Waals surface area contributed by atoms with Crippen molar-refractivity contribution < 1.29 is 9.13 Å². The van der Waals surface area contributed by atoms with Gasteiger partial charge in [0.25, 0.3) is 0 Å². The number of nitrogens with zero attached hydrogens (tertiary/aromatic N) is 3. The summed E-state index contributed by atoms with van der Waals surface area (Å²) >= 11 is 5.58. The Hall–Kier alpha value is -2.32. The first-order valence-corrected chi connectivity index (χ1v) is 11.9. The van der Waals surface area contributed by atoms with Gasteiger partial charge in [-0.25, -0.2) is 9.37 Å². The molecule has 2 aliphatic heterocycles. The molecule has 0 aliphatic carbocycles. The van der Waals surface area contributed by atoms with Crippen molar-refractivity contribution in [1.29, 1.82) is 0 Å².